The zero-order valence-corrected chi connectivity index (χ0v) is 15.9. The maximum atomic E-state index is 13.1. The van der Waals surface area contributed by atoms with Gasteiger partial charge in [0.15, 0.2) is 9.84 Å². The minimum Gasteiger partial charge on any atom is -0.325 e. The van der Waals surface area contributed by atoms with Gasteiger partial charge < -0.3 is 5.32 Å². The van der Waals surface area contributed by atoms with Crippen LogP contribution >= 0.6 is 0 Å². The molecule has 0 radical (unpaired) electrons. The molecule has 0 aromatic heterocycles. The maximum Gasteiger partial charge on any atom is 0.243 e. The molecule has 25 heavy (non-hydrogen) atoms. The molecule has 3 rings (SSSR count). The van der Waals surface area contributed by atoms with Gasteiger partial charge in [0.25, 0.3) is 0 Å². The van der Waals surface area contributed by atoms with Crippen LogP contribution in [0.4, 0.5) is 5.69 Å². The molecule has 0 bridgehead atoms. The first-order valence-corrected chi connectivity index (χ1v) is 11.6. The van der Waals surface area contributed by atoms with Gasteiger partial charge in [0.05, 0.1) is 22.3 Å². The molecule has 1 N–H and O–H groups in total. The Morgan fingerprint density at radius 1 is 1.32 bits per heavy atom. The van der Waals surface area contributed by atoms with Crippen molar-refractivity contribution in [3.05, 3.63) is 23.8 Å². The molecule has 0 aliphatic carbocycles. The van der Waals surface area contributed by atoms with Crippen molar-refractivity contribution in [2.75, 3.05) is 23.4 Å². The first-order valence-electron chi connectivity index (χ1n) is 8.33. The Labute approximate surface area is 148 Å². The van der Waals surface area contributed by atoms with Gasteiger partial charge in [-0.05, 0) is 43.5 Å². The molecule has 2 aliphatic heterocycles. The van der Waals surface area contributed by atoms with Crippen LogP contribution in [0, 0.1) is 0 Å². The van der Waals surface area contributed by atoms with Crippen LogP contribution in [-0.2, 0) is 24.7 Å². The van der Waals surface area contributed by atoms with E-state index in [0.29, 0.717) is 24.1 Å². The molecule has 2 atom stereocenters. The second kappa shape index (κ2) is 6.37. The van der Waals surface area contributed by atoms with Crippen LogP contribution in [0.1, 0.15) is 38.2 Å². The van der Waals surface area contributed by atoms with E-state index in [1.165, 1.54) is 16.4 Å². The fraction of sp³-hybridized carbons (Fsp3) is 0.562. The summed E-state index contributed by atoms with van der Waals surface area (Å²) in [5.74, 6) is -0.672. The highest BCUT2D eigenvalue weighted by atomic mass is 32.2. The molecule has 0 unspecified atom stereocenters. The summed E-state index contributed by atoms with van der Waals surface area (Å²) in [5.41, 5.74) is 1.28. The highest BCUT2D eigenvalue weighted by Crippen LogP contribution is 2.35. The van der Waals surface area contributed by atoms with E-state index in [4.69, 9.17) is 0 Å². The summed E-state index contributed by atoms with van der Waals surface area (Å²) in [7, 11) is -7.02. The lowest BCUT2D eigenvalue weighted by Gasteiger charge is -2.27. The van der Waals surface area contributed by atoms with Crippen molar-refractivity contribution in [1.29, 1.82) is 0 Å². The summed E-state index contributed by atoms with van der Waals surface area (Å²) < 4.78 is 51.1. The lowest BCUT2D eigenvalue weighted by molar-refractivity contribution is -0.116. The van der Waals surface area contributed by atoms with Crippen molar-refractivity contribution >= 4 is 31.5 Å². The van der Waals surface area contributed by atoms with Gasteiger partial charge in [-0.2, -0.15) is 4.31 Å². The van der Waals surface area contributed by atoms with E-state index in [-0.39, 0.29) is 28.9 Å². The third-order valence-corrected chi connectivity index (χ3v) is 8.51. The highest BCUT2D eigenvalue weighted by Gasteiger charge is 2.39. The number of hydrogen-bond acceptors (Lipinski definition) is 5. The Balaban J connectivity index is 1.98. The minimum absolute atomic E-state index is 0.0209. The second-order valence-electron chi connectivity index (χ2n) is 6.63. The van der Waals surface area contributed by atoms with E-state index in [1.807, 2.05) is 6.92 Å². The Morgan fingerprint density at radius 3 is 2.64 bits per heavy atom. The molecule has 1 aromatic rings. The van der Waals surface area contributed by atoms with Crippen molar-refractivity contribution in [3.63, 3.8) is 0 Å². The number of hydrogen-bond donors (Lipinski definition) is 1. The third kappa shape index (κ3) is 3.32. The van der Waals surface area contributed by atoms with Crippen molar-refractivity contribution in [3.8, 4) is 0 Å². The number of fused-ring (bicyclic) bond motifs is 1. The molecule has 138 valence electrons. The van der Waals surface area contributed by atoms with E-state index in [1.54, 1.807) is 13.0 Å². The fourth-order valence-corrected chi connectivity index (χ4v) is 7.02. The Morgan fingerprint density at radius 2 is 2.04 bits per heavy atom. The zero-order valence-electron chi connectivity index (χ0n) is 14.2. The standard InChI is InChI=1S/C16H22N2O5S2/c1-3-7-18(12-6-8-24(20,21)10-12)25(22,23)13-4-5-15-14(9-13)11(2)16(19)17-15/h4-5,9,11-12H,3,6-8,10H2,1-2H3,(H,17,19)/t11-,12-/m0/s1. The average Bonchev–Trinajstić information content (AvgIpc) is 3.04. The Bertz CT molecular complexity index is 908. The Hall–Kier alpha value is -1.45. The first-order chi connectivity index (χ1) is 11.7. The number of rotatable bonds is 5. The largest absolute Gasteiger partial charge is 0.325 e. The summed E-state index contributed by atoms with van der Waals surface area (Å²) in [5, 5.41) is 2.72. The van der Waals surface area contributed by atoms with Crippen molar-refractivity contribution in [1.82, 2.24) is 4.31 Å². The molecule has 0 saturated carbocycles. The molecule has 2 heterocycles. The van der Waals surface area contributed by atoms with Crippen molar-refractivity contribution in [2.45, 2.75) is 43.5 Å². The van der Waals surface area contributed by atoms with Crippen LogP contribution in [0.15, 0.2) is 23.1 Å². The number of benzene rings is 1. The Kier molecular flexibility index (Phi) is 4.67. The maximum absolute atomic E-state index is 13.1. The van der Waals surface area contributed by atoms with E-state index >= 15 is 0 Å². The molecule has 9 heteroatoms. The normalized spacial score (nSPS) is 25.2. The van der Waals surface area contributed by atoms with Crippen molar-refractivity contribution < 1.29 is 21.6 Å². The van der Waals surface area contributed by atoms with E-state index in [2.05, 4.69) is 5.32 Å². The van der Waals surface area contributed by atoms with E-state index in [9.17, 15) is 21.6 Å². The molecule has 7 nitrogen and oxygen atoms in total. The number of amides is 1. The summed E-state index contributed by atoms with van der Waals surface area (Å²) in [6.07, 6.45) is 0.917. The SMILES string of the molecule is CCCN([C@H]1CCS(=O)(=O)C1)S(=O)(=O)c1ccc2c(c1)[C@H](C)C(=O)N2. The van der Waals surface area contributed by atoms with E-state index < -0.39 is 31.8 Å². The third-order valence-electron chi connectivity index (χ3n) is 4.81. The van der Waals surface area contributed by atoms with Gasteiger partial charge in [-0.1, -0.05) is 6.92 Å². The fourth-order valence-electron chi connectivity index (χ4n) is 3.41. The number of nitrogens with one attached hydrogen (secondary N) is 1. The topological polar surface area (TPSA) is 101 Å². The lowest BCUT2D eigenvalue weighted by Crippen LogP contribution is -2.41. The molecule has 0 spiro atoms. The van der Waals surface area contributed by atoms with Gasteiger partial charge in [-0.25, -0.2) is 16.8 Å². The number of anilines is 1. The lowest BCUT2D eigenvalue weighted by atomic mass is 10.0. The van der Waals surface area contributed by atoms with Crippen molar-refractivity contribution in [2.24, 2.45) is 0 Å². The summed E-state index contributed by atoms with van der Waals surface area (Å²) in [4.78, 5) is 11.9. The van der Waals surface area contributed by atoms with Crippen LogP contribution in [-0.4, -0.2) is 51.1 Å². The monoisotopic (exact) mass is 386 g/mol. The number of carbonyl (C=O) groups is 1. The van der Waals surface area contributed by atoms with Crippen LogP contribution in [0.2, 0.25) is 0 Å². The second-order valence-corrected chi connectivity index (χ2v) is 10.8. The van der Waals surface area contributed by atoms with E-state index in [0.717, 1.165) is 0 Å². The van der Waals surface area contributed by atoms with Gasteiger partial charge in [0, 0.05) is 18.3 Å². The molecule has 1 fully saturated rings. The number of carbonyl (C=O) groups excluding carboxylic acids is 1. The predicted octanol–water partition coefficient (Wildman–Crippen LogP) is 1.33. The molecule has 2 aliphatic rings. The zero-order chi connectivity index (χ0) is 18.4. The summed E-state index contributed by atoms with van der Waals surface area (Å²) in [6.45, 7) is 3.86. The number of sulfone groups is 1. The quantitative estimate of drug-likeness (QED) is 0.823. The average molecular weight is 386 g/mol. The van der Waals surface area contributed by atoms with Crippen LogP contribution in [0.5, 0.6) is 0 Å². The molecule has 1 aromatic carbocycles. The number of sulfonamides is 1. The minimum atomic E-state index is -3.83. The van der Waals surface area contributed by atoms with Crippen LogP contribution in [0.3, 0.4) is 0 Å². The van der Waals surface area contributed by atoms with Crippen LogP contribution < -0.4 is 5.32 Å². The van der Waals surface area contributed by atoms with Gasteiger partial charge in [0.2, 0.25) is 15.9 Å². The first kappa shape index (κ1) is 18.3. The summed E-state index contributed by atoms with van der Waals surface area (Å²) in [6, 6.07) is 4.07. The van der Waals surface area contributed by atoms with Gasteiger partial charge in [0.1, 0.15) is 0 Å². The molecular formula is C16H22N2O5S2. The van der Waals surface area contributed by atoms with Gasteiger partial charge >= 0.3 is 0 Å². The predicted molar refractivity (Wildman–Crippen MR) is 94.7 cm³/mol. The highest BCUT2D eigenvalue weighted by molar-refractivity contribution is 7.92. The molecule has 1 amide bonds. The molecule has 1 saturated heterocycles. The van der Waals surface area contributed by atoms with Gasteiger partial charge in [-0.3, -0.25) is 4.79 Å². The van der Waals surface area contributed by atoms with Gasteiger partial charge in [-0.15, -0.1) is 0 Å². The number of nitrogens with zero attached hydrogens (tertiary/aromatic N) is 1. The molecular weight excluding hydrogens is 364 g/mol. The van der Waals surface area contributed by atoms with Crippen LogP contribution in [0.25, 0.3) is 0 Å². The smallest absolute Gasteiger partial charge is 0.243 e. The summed E-state index contributed by atoms with van der Waals surface area (Å²) >= 11 is 0.